The Hall–Kier alpha value is -1.94. The number of esters is 4. The molecule has 0 aromatic rings. The third-order valence-corrected chi connectivity index (χ3v) is 17.2. The molecule has 498 valence electrons. The molecule has 0 radical (unpaired) electrons. The first-order valence-electron chi connectivity index (χ1n) is 34.0. The number of rotatable bonds is 64. The first kappa shape index (κ1) is 82.1. The highest BCUT2D eigenvalue weighted by Crippen LogP contribution is 2.45. The predicted molar refractivity (Wildman–Crippen MR) is 335 cm³/mol. The molecule has 6 atom stereocenters. The Bertz CT molecular complexity index is 1650. The first-order valence-corrected chi connectivity index (χ1v) is 37.0. The highest BCUT2D eigenvalue weighted by Gasteiger charge is 2.30. The van der Waals surface area contributed by atoms with E-state index in [1.54, 1.807) is 0 Å². The van der Waals surface area contributed by atoms with Gasteiger partial charge < -0.3 is 33.8 Å². The Labute approximate surface area is 511 Å². The van der Waals surface area contributed by atoms with Crippen LogP contribution in [-0.4, -0.2) is 96.7 Å². The zero-order valence-electron chi connectivity index (χ0n) is 54.2. The topological polar surface area (TPSA) is 237 Å². The summed E-state index contributed by atoms with van der Waals surface area (Å²) in [5.41, 5.74) is 0. The van der Waals surface area contributed by atoms with Gasteiger partial charge in [0, 0.05) is 25.7 Å². The third-order valence-electron chi connectivity index (χ3n) is 15.3. The van der Waals surface area contributed by atoms with E-state index in [9.17, 15) is 43.2 Å². The SMILES string of the molecule is CCCCCCCCCCCCCC(=O)O[C@H](COC(=O)CCCCCCCCCCC)COP(=O)(O)OC[C@H](O)COP(=O)(O)OC[C@@H](COC(=O)CCCCCCCCCCC(C)CC)OC(=O)CCCCCCCCCCCC(C)C. The number of aliphatic hydroxyl groups is 1. The molecule has 0 saturated carbocycles. The summed E-state index contributed by atoms with van der Waals surface area (Å²) in [4.78, 5) is 72.2. The molecule has 84 heavy (non-hydrogen) atoms. The van der Waals surface area contributed by atoms with Gasteiger partial charge in [-0.1, -0.05) is 273 Å². The summed E-state index contributed by atoms with van der Waals surface area (Å²) < 4.78 is 68.0. The van der Waals surface area contributed by atoms with E-state index in [-0.39, 0.29) is 25.7 Å². The van der Waals surface area contributed by atoms with E-state index in [4.69, 9.17) is 37.0 Å². The van der Waals surface area contributed by atoms with Crippen LogP contribution in [0.4, 0.5) is 0 Å². The van der Waals surface area contributed by atoms with Gasteiger partial charge >= 0.3 is 39.5 Å². The van der Waals surface area contributed by atoms with Crippen LogP contribution in [0.25, 0.3) is 0 Å². The maximum Gasteiger partial charge on any atom is 0.472 e. The molecule has 3 N–H and O–H groups in total. The van der Waals surface area contributed by atoms with Gasteiger partial charge in [-0.25, -0.2) is 9.13 Å². The minimum atomic E-state index is -4.95. The molecule has 0 saturated heterocycles. The van der Waals surface area contributed by atoms with E-state index in [0.717, 1.165) is 102 Å². The number of hydrogen-bond donors (Lipinski definition) is 3. The van der Waals surface area contributed by atoms with Crippen LogP contribution in [0.5, 0.6) is 0 Å². The quantitative estimate of drug-likeness (QED) is 0.0222. The molecule has 0 aromatic heterocycles. The van der Waals surface area contributed by atoms with E-state index in [0.29, 0.717) is 25.7 Å². The fraction of sp³-hybridized carbons (Fsp3) is 0.938. The van der Waals surface area contributed by atoms with E-state index >= 15 is 0 Å². The molecule has 0 spiro atoms. The highest BCUT2D eigenvalue weighted by molar-refractivity contribution is 7.47. The fourth-order valence-corrected chi connectivity index (χ4v) is 11.3. The molecule has 0 aliphatic carbocycles. The summed E-state index contributed by atoms with van der Waals surface area (Å²) in [6.07, 6.45) is 40.2. The number of ether oxygens (including phenoxy) is 4. The summed E-state index contributed by atoms with van der Waals surface area (Å²) in [6.45, 7) is 9.47. The number of unbranched alkanes of at least 4 members (excludes halogenated alkanes) is 33. The minimum absolute atomic E-state index is 0.105. The number of phosphoric acid groups is 2. The van der Waals surface area contributed by atoms with Gasteiger partial charge in [0.2, 0.25) is 0 Å². The average Bonchev–Trinajstić information content (AvgIpc) is 3.58. The summed E-state index contributed by atoms with van der Waals surface area (Å²) >= 11 is 0. The van der Waals surface area contributed by atoms with Gasteiger partial charge in [-0.15, -0.1) is 0 Å². The molecule has 17 nitrogen and oxygen atoms in total. The predicted octanol–water partition coefficient (Wildman–Crippen LogP) is 18.0. The van der Waals surface area contributed by atoms with Gasteiger partial charge in [-0.3, -0.25) is 37.3 Å². The second kappa shape index (κ2) is 57.5. The average molecular weight is 1240 g/mol. The molecule has 0 fully saturated rings. The number of phosphoric ester groups is 2. The molecule has 0 aliphatic rings. The van der Waals surface area contributed by atoms with Crippen LogP contribution < -0.4 is 0 Å². The van der Waals surface area contributed by atoms with Gasteiger partial charge in [0.1, 0.15) is 19.3 Å². The van der Waals surface area contributed by atoms with E-state index in [1.807, 2.05) is 0 Å². The van der Waals surface area contributed by atoms with Crippen molar-refractivity contribution in [3.63, 3.8) is 0 Å². The Morgan fingerprint density at radius 3 is 0.905 bits per heavy atom. The molecule has 0 aliphatic heterocycles. The van der Waals surface area contributed by atoms with Crippen LogP contribution in [0.2, 0.25) is 0 Å². The molecule has 0 rings (SSSR count). The number of hydrogen-bond acceptors (Lipinski definition) is 15. The standard InChI is InChI=1S/C65H126O17P2/c1-7-10-12-14-16-18-19-23-31-37-43-49-64(69)81-60(53-75-62(67)47-41-35-29-21-17-15-13-11-8-2)55-79-83(71,72)77-51-59(66)52-78-84(73,74)80-56-61(82-65(70)50-44-38-32-24-20-22-27-33-39-45-57(4)5)54-76-63(68)48-42-36-30-26-25-28-34-40-46-58(6)9-3/h57-61,66H,7-56H2,1-6H3,(H,71,72)(H,73,74)/t58?,59-,60+,61+/m0/s1. The Morgan fingerprint density at radius 2 is 0.607 bits per heavy atom. The van der Waals surface area contributed by atoms with Crippen molar-refractivity contribution < 1.29 is 80.2 Å². The van der Waals surface area contributed by atoms with Crippen LogP contribution in [-0.2, 0) is 65.4 Å². The van der Waals surface area contributed by atoms with Crippen LogP contribution in [0.15, 0.2) is 0 Å². The smallest absolute Gasteiger partial charge is 0.462 e. The van der Waals surface area contributed by atoms with Gasteiger partial charge in [-0.2, -0.15) is 0 Å². The first-order chi connectivity index (χ1) is 40.4. The number of carbonyl (C=O) groups excluding carboxylic acids is 4. The summed E-state index contributed by atoms with van der Waals surface area (Å²) in [5, 5.41) is 10.5. The Balaban J connectivity index is 5.25. The molecule has 0 bridgehead atoms. The molecule has 19 heteroatoms. The van der Waals surface area contributed by atoms with Crippen molar-refractivity contribution in [1.29, 1.82) is 0 Å². The van der Waals surface area contributed by atoms with Crippen LogP contribution in [0, 0.1) is 11.8 Å². The van der Waals surface area contributed by atoms with Crippen LogP contribution >= 0.6 is 15.6 Å². The van der Waals surface area contributed by atoms with Gasteiger partial charge in [0.05, 0.1) is 26.4 Å². The molecular weight excluding hydrogens is 1110 g/mol. The van der Waals surface area contributed by atoms with Crippen molar-refractivity contribution in [1.82, 2.24) is 0 Å². The van der Waals surface area contributed by atoms with Crippen molar-refractivity contribution >= 4 is 39.5 Å². The van der Waals surface area contributed by atoms with Crippen molar-refractivity contribution in [3.8, 4) is 0 Å². The largest absolute Gasteiger partial charge is 0.472 e. The monoisotopic (exact) mass is 1240 g/mol. The number of carbonyl (C=O) groups is 4. The molecule has 0 amide bonds. The van der Waals surface area contributed by atoms with Crippen LogP contribution in [0.3, 0.4) is 0 Å². The lowest BCUT2D eigenvalue weighted by Gasteiger charge is -2.21. The lowest BCUT2D eigenvalue weighted by Crippen LogP contribution is -2.30. The zero-order chi connectivity index (χ0) is 62.2. The van der Waals surface area contributed by atoms with Gasteiger partial charge in [-0.05, 0) is 37.5 Å². The van der Waals surface area contributed by atoms with Crippen LogP contribution in [0.1, 0.15) is 324 Å². The second-order valence-corrected chi connectivity index (χ2v) is 27.1. The van der Waals surface area contributed by atoms with Gasteiger partial charge in [0.15, 0.2) is 12.2 Å². The van der Waals surface area contributed by atoms with E-state index in [1.165, 1.54) is 141 Å². The normalized spacial score (nSPS) is 14.6. The maximum atomic E-state index is 13.0. The zero-order valence-corrected chi connectivity index (χ0v) is 56.0. The maximum absolute atomic E-state index is 13.0. The van der Waals surface area contributed by atoms with Crippen molar-refractivity contribution in [3.05, 3.63) is 0 Å². The molecule has 0 aromatic carbocycles. The summed E-state index contributed by atoms with van der Waals surface area (Å²) in [7, 11) is -9.89. The lowest BCUT2D eigenvalue weighted by atomic mass is 9.99. The lowest BCUT2D eigenvalue weighted by molar-refractivity contribution is -0.161. The van der Waals surface area contributed by atoms with Crippen molar-refractivity contribution in [2.75, 3.05) is 39.6 Å². The fourth-order valence-electron chi connectivity index (χ4n) is 9.68. The Kier molecular flexibility index (Phi) is 56.2. The minimum Gasteiger partial charge on any atom is -0.462 e. The Morgan fingerprint density at radius 1 is 0.345 bits per heavy atom. The second-order valence-electron chi connectivity index (χ2n) is 24.2. The third kappa shape index (κ3) is 57.8. The van der Waals surface area contributed by atoms with Crippen molar-refractivity contribution in [2.45, 2.75) is 342 Å². The summed E-state index contributed by atoms with van der Waals surface area (Å²) in [5.74, 6) is -0.619. The molecular formula is C65H126O17P2. The van der Waals surface area contributed by atoms with Crippen molar-refractivity contribution in [2.24, 2.45) is 11.8 Å². The highest BCUT2D eigenvalue weighted by atomic mass is 31.2. The summed E-state index contributed by atoms with van der Waals surface area (Å²) in [6, 6.07) is 0. The van der Waals surface area contributed by atoms with Gasteiger partial charge in [0.25, 0.3) is 0 Å². The van der Waals surface area contributed by atoms with E-state index < -0.39 is 97.5 Å². The number of aliphatic hydroxyl groups excluding tert-OH is 1. The molecule has 0 heterocycles. The molecule has 3 unspecified atom stereocenters. The van der Waals surface area contributed by atoms with E-state index in [2.05, 4.69) is 41.5 Å².